The van der Waals surface area contributed by atoms with Crippen molar-refractivity contribution in [1.82, 2.24) is 0 Å². The van der Waals surface area contributed by atoms with Gasteiger partial charge >= 0.3 is 0 Å². The molecule has 0 atom stereocenters. The van der Waals surface area contributed by atoms with Gasteiger partial charge in [-0.25, -0.2) is 13.2 Å². The summed E-state index contributed by atoms with van der Waals surface area (Å²) in [4.78, 5) is 4.12. The molecule has 0 aliphatic heterocycles. The highest BCUT2D eigenvalue weighted by Gasteiger charge is 2.10. The zero-order valence-electron chi connectivity index (χ0n) is 13.6. The maximum Gasteiger partial charge on any atom is 0.194 e. The Bertz CT molecular complexity index is 719. The second-order valence-corrected chi connectivity index (χ2v) is 5.80. The number of aliphatic imine (C=N–C) groups is 1. The molecule has 2 aromatic rings. The smallest absolute Gasteiger partial charge is 0.194 e. The van der Waals surface area contributed by atoms with Crippen LogP contribution in [0.4, 0.5) is 18.9 Å². The number of hydrogen-bond donors (Lipinski definition) is 2. The van der Waals surface area contributed by atoms with Crippen LogP contribution in [0.5, 0.6) is 0 Å². The molecule has 0 bridgehead atoms. The van der Waals surface area contributed by atoms with E-state index in [0.717, 1.165) is 17.8 Å². The summed E-state index contributed by atoms with van der Waals surface area (Å²) in [7, 11) is 0. The number of anilines is 1. The van der Waals surface area contributed by atoms with E-state index < -0.39 is 17.5 Å². The number of nitrogens with zero attached hydrogens (tertiary/aromatic N) is 1. The normalized spacial score (nSPS) is 11.8. The topological polar surface area (TPSA) is 50.4 Å². The van der Waals surface area contributed by atoms with Crippen LogP contribution in [-0.4, -0.2) is 12.5 Å². The van der Waals surface area contributed by atoms with Crippen molar-refractivity contribution in [2.45, 2.75) is 26.2 Å². The minimum Gasteiger partial charge on any atom is -0.370 e. The number of nitrogens with two attached hydrogens (primary N) is 1. The van der Waals surface area contributed by atoms with E-state index in [9.17, 15) is 13.2 Å². The van der Waals surface area contributed by atoms with Crippen molar-refractivity contribution in [3.8, 4) is 0 Å². The van der Waals surface area contributed by atoms with E-state index in [-0.39, 0.29) is 18.9 Å². The predicted octanol–water partition coefficient (Wildman–Crippen LogP) is 4.20. The van der Waals surface area contributed by atoms with Gasteiger partial charge in [0, 0.05) is 12.2 Å². The molecule has 0 radical (unpaired) electrons. The largest absolute Gasteiger partial charge is 0.370 e. The highest BCUT2D eigenvalue weighted by molar-refractivity contribution is 5.92. The zero-order valence-corrected chi connectivity index (χ0v) is 13.6. The molecule has 3 N–H and O–H groups in total. The van der Waals surface area contributed by atoms with Crippen molar-refractivity contribution in [3.63, 3.8) is 0 Å². The second kappa shape index (κ2) is 7.86. The van der Waals surface area contributed by atoms with E-state index >= 15 is 0 Å². The molecule has 2 aromatic carbocycles. The van der Waals surface area contributed by atoms with Gasteiger partial charge in [-0.3, -0.25) is 4.99 Å². The van der Waals surface area contributed by atoms with Gasteiger partial charge in [0.2, 0.25) is 0 Å². The van der Waals surface area contributed by atoms with E-state index in [0.29, 0.717) is 11.5 Å². The van der Waals surface area contributed by atoms with Gasteiger partial charge in [0.15, 0.2) is 23.4 Å². The zero-order chi connectivity index (χ0) is 17.7. The van der Waals surface area contributed by atoms with Crippen LogP contribution in [0.1, 0.15) is 30.9 Å². The van der Waals surface area contributed by atoms with E-state index in [2.05, 4.69) is 24.2 Å². The minimum absolute atomic E-state index is 0.207. The number of guanidine groups is 1. The van der Waals surface area contributed by atoms with Crippen molar-refractivity contribution in [3.05, 3.63) is 65.0 Å². The first-order valence-electron chi connectivity index (χ1n) is 7.67. The number of benzene rings is 2. The van der Waals surface area contributed by atoms with Crippen LogP contribution in [0.2, 0.25) is 0 Å². The summed E-state index contributed by atoms with van der Waals surface area (Å²) in [6.45, 7) is 4.42. The van der Waals surface area contributed by atoms with Crippen LogP contribution in [0.3, 0.4) is 0 Å². The van der Waals surface area contributed by atoms with Gasteiger partial charge in [0.25, 0.3) is 0 Å². The summed E-state index contributed by atoms with van der Waals surface area (Å²) in [5.74, 6) is -3.27. The predicted molar refractivity (Wildman–Crippen MR) is 90.7 cm³/mol. The fourth-order valence-electron chi connectivity index (χ4n) is 2.22. The van der Waals surface area contributed by atoms with Crippen molar-refractivity contribution >= 4 is 11.6 Å². The van der Waals surface area contributed by atoms with Gasteiger partial charge in [-0.15, -0.1) is 0 Å². The fourth-order valence-corrected chi connectivity index (χ4v) is 2.22. The van der Waals surface area contributed by atoms with Crippen LogP contribution in [0.15, 0.2) is 41.4 Å². The Labute approximate surface area is 139 Å². The molecular weight excluding hydrogens is 315 g/mol. The Hall–Kier alpha value is -2.50. The van der Waals surface area contributed by atoms with Crippen LogP contribution >= 0.6 is 0 Å². The fraction of sp³-hybridized carbons (Fsp3) is 0.278. The third-order valence-corrected chi connectivity index (χ3v) is 3.55. The third-order valence-electron chi connectivity index (χ3n) is 3.55. The molecule has 0 saturated carbocycles. The summed E-state index contributed by atoms with van der Waals surface area (Å²) >= 11 is 0. The van der Waals surface area contributed by atoms with Gasteiger partial charge < -0.3 is 11.1 Å². The number of hydrogen-bond acceptors (Lipinski definition) is 1. The maximum atomic E-state index is 13.1. The molecule has 0 aliphatic rings. The average Bonchev–Trinajstić information content (AvgIpc) is 2.52. The van der Waals surface area contributed by atoms with Crippen molar-refractivity contribution in [2.75, 3.05) is 11.9 Å². The Morgan fingerprint density at radius 3 is 2.42 bits per heavy atom. The lowest BCUT2D eigenvalue weighted by Gasteiger charge is -2.10. The van der Waals surface area contributed by atoms with Crippen LogP contribution < -0.4 is 11.1 Å². The van der Waals surface area contributed by atoms with E-state index in [1.54, 1.807) is 0 Å². The van der Waals surface area contributed by atoms with Gasteiger partial charge in [0.05, 0.1) is 0 Å². The summed E-state index contributed by atoms with van der Waals surface area (Å²) in [5, 5.41) is 2.97. The monoisotopic (exact) mass is 335 g/mol. The minimum atomic E-state index is -1.46. The quantitative estimate of drug-likeness (QED) is 0.489. The Balaban J connectivity index is 1.96. The number of nitrogens with one attached hydrogen (secondary N) is 1. The molecule has 2 rings (SSSR count). The molecule has 0 unspecified atom stereocenters. The first-order chi connectivity index (χ1) is 11.4. The number of halogens is 3. The van der Waals surface area contributed by atoms with Crippen LogP contribution in [0.25, 0.3) is 0 Å². The molecule has 0 spiro atoms. The first-order valence-corrected chi connectivity index (χ1v) is 7.67. The third kappa shape index (κ3) is 4.75. The van der Waals surface area contributed by atoms with Crippen molar-refractivity contribution in [1.29, 1.82) is 0 Å². The molecule has 128 valence electrons. The molecular formula is C18H20F3N3. The molecule has 0 saturated heterocycles. The molecule has 0 fully saturated rings. The summed E-state index contributed by atoms with van der Waals surface area (Å²) < 4.78 is 39.1. The molecule has 24 heavy (non-hydrogen) atoms. The van der Waals surface area contributed by atoms with Crippen molar-refractivity contribution in [2.24, 2.45) is 10.7 Å². The van der Waals surface area contributed by atoms with Crippen molar-refractivity contribution < 1.29 is 13.2 Å². The SMILES string of the molecule is CC(C)c1cccc(NC(N)=NCCc2cc(F)c(F)c(F)c2)c1. The standard InChI is InChI=1S/C18H20F3N3/c1-11(2)13-4-3-5-14(10-13)24-18(22)23-7-6-12-8-15(19)17(21)16(20)9-12/h3-5,8-11H,6-7H2,1-2H3,(H3,22,23,24). The van der Waals surface area contributed by atoms with E-state index in [1.165, 1.54) is 5.56 Å². The van der Waals surface area contributed by atoms with E-state index in [4.69, 9.17) is 5.73 Å². The van der Waals surface area contributed by atoms with Crippen LogP contribution in [-0.2, 0) is 6.42 Å². The van der Waals surface area contributed by atoms with E-state index in [1.807, 2.05) is 24.3 Å². The van der Waals surface area contributed by atoms with Gasteiger partial charge in [-0.05, 0) is 47.7 Å². The molecule has 0 aromatic heterocycles. The second-order valence-electron chi connectivity index (χ2n) is 5.80. The average molecular weight is 335 g/mol. The first kappa shape index (κ1) is 17.8. The molecule has 0 heterocycles. The lowest BCUT2D eigenvalue weighted by atomic mass is 10.0. The van der Waals surface area contributed by atoms with Crippen LogP contribution in [0, 0.1) is 17.5 Å². The maximum absolute atomic E-state index is 13.1. The lowest BCUT2D eigenvalue weighted by Crippen LogP contribution is -2.23. The van der Waals surface area contributed by atoms with Gasteiger partial charge in [-0.2, -0.15) is 0 Å². The molecule has 3 nitrogen and oxygen atoms in total. The summed E-state index contributed by atoms with van der Waals surface area (Å²) in [6.07, 6.45) is 0.253. The summed E-state index contributed by atoms with van der Waals surface area (Å²) in [5.41, 5.74) is 8.13. The highest BCUT2D eigenvalue weighted by Crippen LogP contribution is 2.18. The van der Waals surface area contributed by atoms with Gasteiger partial charge in [0.1, 0.15) is 0 Å². The molecule has 6 heteroatoms. The summed E-state index contributed by atoms with van der Waals surface area (Å²) in [6, 6.07) is 9.74. The Kier molecular flexibility index (Phi) is 5.84. The lowest BCUT2D eigenvalue weighted by molar-refractivity contribution is 0.445. The van der Waals surface area contributed by atoms with Gasteiger partial charge in [-0.1, -0.05) is 26.0 Å². The Morgan fingerprint density at radius 2 is 1.79 bits per heavy atom. The number of rotatable bonds is 5. The Morgan fingerprint density at radius 1 is 1.12 bits per heavy atom. The molecule has 0 aliphatic carbocycles. The molecule has 0 amide bonds. The highest BCUT2D eigenvalue weighted by atomic mass is 19.2.